The van der Waals surface area contributed by atoms with Crippen LogP contribution in [0.1, 0.15) is 40.1 Å². The number of carbonyl (C=O) groups is 5. The van der Waals surface area contributed by atoms with Crippen LogP contribution >= 0.6 is 0 Å². The molecule has 0 bridgehead atoms. The van der Waals surface area contributed by atoms with Gasteiger partial charge in [0.1, 0.15) is 37.3 Å². The highest BCUT2D eigenvalue weighted by Crippen LogP contribution is 2.32. The van der Waals surface area contributed by atoms with E-state index in [2.05, 4.69) is 0 Å². The third-order valence-electron chi connectivity index (χ3n) is 8.34. The Bertz CT molecular complexity index is 1800. The second-order valence-electron chi connectivity index (χ2n) is 12.0. The van der Waals surface area contributed by atoms with Crippen LogP contribution in [0.25, 0.3) is 0 Å². The van der Waals surface area contributed by atoms with Crippen molar-refractivity contribution in [1.29, 1.82) is 0 Å². The maximum absolute atomic E-state index is 13.5. The maximum atomic E-state index is 13.5. The van der Waals surface area contributed by atoms with Crippen LogP contribution in [0.15, 0.2) is 97.1 Å². The number of aliphatic hydroxyl groups excluding tert-OH is 2. The minimum atomic E-state index is -2.74. The summed E-state index contributed by atoms with van der Waals surface area (Å²) >= 11 is 0. The van der Waals surface area contributed by atoms with E-state index >= 15 is 0 Å². The second kappa shape index (κ2) is 17.4. The summed E-state index contributed by atoms with van der Waals surface area (Å²) in [7, 11) is 0. The van der Waals surface area contributed by atoms with E-state index < -0.39 is 91.4 Å². The van der Waals surface area contributed by atoms with Crippen LogP contribution in [-0.4, -0.2) is 107 Å². The Morgan fingerprint density at radius 1 is 0.811 bits per heavy atom. The van der Waals surface area contributed by atoms with Gasteiger partial charge in [-0.1, -0.05) is 54.6 Å². The minimum Gasteiger partial charge on any atom is -0.462 e. The van der Waals surface area contributed by atoms with Gasteiger partial charge in [-0.05, 0) is 49.4 Å². The first kappa shape index (κ1) is 38.8. The molecule has 0 saturated carbocycles. The van der Waals surface area contributed by atoms with E-state index in [0.29, 0.717) is 0 Å². The van der Waals surface area contributed by atoms with E-state index in [4.69, 9.17) is 33.2 Å². The molecule has 3 aromatic rings. The molecule has 3 N–H and O–H groups in total. The van der Waals surface area contributed by atoms with Crippen molar-refractivity contribution in [3.05, 3.63) is 114 Å². The van der Waals surface area contributed by atoms with Crippen molar-refractivity contribution in [2.45, 2.75) is 69.0 Å². The van der Waals surface area contributed by atoms with Gasteiger partial charge in [0, 0.05) is 19.1 Å². The van der Waals surface area contributed by atoms with Crippen molar-refractivity contribution < 1.29 is 72.5 Å². The molecule has 280 valence electrons. The lowest BCUT2D eigenvalue weighted by Gasteiger charge is -2.41. The number of benzene rings is 3. The van der Waals surface area contributed by atoms with Crippen molar-refractivity contribution in [3.8, 4) is 5.75 Å². The maximum Gasteiger partial charge on any atom is 0.346 e. The standard InChI is InChI=1S/C38H38O15/c1-3-47-33-26(40)18-19-29(50-22(2)39)38(33,46)37(45)49-20-25-16-10-11-17-27(25)51-36-31(42)30(41)32(53-35(44)24-14-8-5-9-15-24)28(52-36)21-48-34(43)23-12-6-4-7-13-23/h4-19,28-33,36,41-42,46H,3,20-21H2,1-2H3/t28-,29-,30-,31-,32-,33+,36-,38-/m1/s1. The third kappa shape index (κ3) is 8.96. The van der Waals surface area contributed by atoms with Crippen LogP contribution in [0.2, 0.25) is 0 Å². The first-order valence-corrected chi connectivity index (χ1v) is 16.6. The predicted molar refractivity (Wildman–Crippen MR) is 180 cm³/mol. The third-order valence-corrected chi connectivity index (χ3v) is 8.34. The summed E-state index contributed by atoms with van der Waals surface area (Å²) in [6.45, 7) is 1.43. The number of para-hydroxylation sites is 1. The Morgan fingerprint density at radius 3 is 2.08 bits per heavy atom. The zero-order chi connectivity index (χ0) is 38.1. The summed E-state index contributed by atoms with van der Waals surface area (Å²) in [6, 6.07) is 22.0. The number of carbonyl (C=O) groups excluding carboxylic acids is 5. The van der Waals surface area contributed by atoms with Crippen LogP contribution in [0.4, 0.5) is 0 Å². The second-order valence-corrected chi connectivity index (χ2v) is 12.0. The zero-order valence-corrected chi connectivity index (χ0v) is 28.6. The van der Waals surface area contributed by atoms with Gasteiger partial charge in [-0.25, -0.2) is 14.4 Å². The fraction of sp³-hybridized carbons (Fsp3) is 0.342. The molecule has 8 atom stereocenters. The first-order chi connectivity index (χ1) is 25.4. The largest absolute Gasteiger partial charge is 0.462 e. The Kier molecular flexibility index (Phi) is 12.7. The van der Waals surface area contributed by atoms with Gasteiger partial charge < -0.3 is 48.5 Å². The summed E-state index contributed by atoms with van der Waals surface area (Å²) in [5, 5.41) is 33.9. The van der Waals surface area contributed by atoms with Gasteiger partial charge in [-0.2, -0.15) is 0 Å². The molecule has 15 heteroatoms. The average molecular weight is 735 g/mol. The van der Waals surface area contributed by atoms with Crippen molar-refractivity contribution >= 4 is 29.7 Å². The summed E-state index contributed by atoms with van der Waals surface area (Å²) in [5.41, 5.74) is -2.19. The van der Waals surface area contributed by atoms with Crippen molar-refractivity contribution in [2.24, 2.45) is 0 Å². The lowest BCUT2D eigenvalue weighted by Crippen LogP contribution is -2.64. The van der Waals surface area contributed by atoms with Gasteiger partial charge in [0.2, 0.25) is 11.9 Å². The molecule has 1 saturated heterocycles. The smallest absolute Gasteiger partial charge is 0.346 e. The molecule has 0 spiro atoms. The lowest BCUT2D eigenvalue weighted by molar-refractivity contribution is -0.276. The molecule has 53 heavy (non-hydrogen) atoms. The van der Waals surface area contributed by atoms with Gasteiger partial charge in [-0.3, -0.25) is 9.59 Å². The van der Waals surface area contributed by atoms with E-state index in [1.54, 1.807) is 48.5 Å². The Morgan fingerprint density at radius 2 is 1.43 bits per heavy atom. The molecule has 2 aliphatic rings. The van der Waals surface area contributed by atoms with E-state index in [-0.39, 0.29) is 29.0 Å². The molecule has 0 radical (unpaired) electrons. The van der Waals surface area contributed by atoms with Crippen LogP contribution in [0.5, 0.6) is 5.75 Å². The number of hydrogen-bond donors (Lipinski definition) is 3. The molecular formula is C38H38O15. The molecule has 0 unspecified atom stereocenters. The molecule has 0 amide bonds. The quantitative estimate of drug-likeness (QED) is 0.169. The molecule has 5 rings (SSSR count). The molecule has 1 aliphatic carbocycles. The van der Waals surface area contributed by atoms with Crippen LogP contribution in [0.3, 0.4) is 0 Å². The van der Waals surface area contributed by atoms with Crippen LogP contribution in [-0.2, 0) is 49.4 Å². The van der Waals surface area contributed by atoms with Gasteiger partial charge >= 0.3 is 23.9 Å². The molecule has 1 aliphatic heterocycles. The van der Waals surface area contributed by atoms with Gasteiger partial charge in [0.15, 0.2) is 24.1 Å². The molecule has 1 fully saturated rings. The lowest BCUT2D eigenvalue weighted by atomic mass is 9.82. The zero-order valence-electron chi connectivity index (χ0n) is 28.6. The normalized spacial score (nSPS) is 26.6. The number of esters is 4. The van der Waals surface area contributed by atoms with E-state index in [1.807, 2.05) is 0 Å². The highest BCUT2D eigenvalue weighted by Gasteiger charge is 2.58. The highest BCUT2D eigenvalue weighted by molar-refractivity contribution is 6.02. The Hall–Kier alpha value is -5.45. The SMILES string of the molecule is CCO[C@H]1C(=O)C=C[C@@H](OC(C)=O)[C@]1(O)C(=O)OCc1ccccc1O[C@@H]1O[C@H](COC(=O)c2ccccc2)[C@@H](OC(=O)c2ccccc2)[C@H](O)[C@H]1O. The molecule has 0 aromatic heterocycles. The first-order valence-electron chi connectivity index (χ1n) is 16.6. The van der Waals surface area contributed by atoms with Gasteiger partial charge in [0.05, 0.1) is 11.1 Å². The minimum absolute atomic E-state index is 0.0131. The van der Waals surface area contributed by atoms with Crippen molar-refractivity contribution in [3.63, 3.8) is 0 Å². The average Bonchev–Trinajstić information content (AvgIpc) is 3.16. The fourth-order valence-electron chi connectivity index (χ4n) is 5.68. The molecule has 1 heterocycles. The van der Waals surface area contributed by atoms with Crippen LogP contribution in [0, 0.1) is 0 Å². The Labute approximate surface area is 303 Å². The number of aliphatic hydroxyl groups is 3. The number of ketones is 1. The number of ether oxygens (including phenoxy) is 7. The van der Waals surface area contributed by atoms with Crippen LogP contribution < -0.4 is 4.74 Å². The summed E-state index contributed by atoms with van der Waals surface area (Å²) in [4.78, 5) is 63.6. The molecule has 15 nitrogen and oxygen atoms in total. The monoisotopic (exact) mass is 734 g/mol. The summed E-state index contributed by atoms with van der Waals surface area (Å²) in [5.74, 6) is -4.52. The highest BCUT2D eigenvalue weighted by atomic mass is 16.7. The van der Waals surface area contributed by atoms with E-state index in [9.17, 15) is 39.3 Å². The van der Waals surface area contributed by atoms with E-state index in [0.717, 1.165) is 19.1 Å². The Balaban J connectivity index is 1.34. The predicted octanol–water partition coefficient (Wildman–Crippen LogP) is 1.84. The molecular weight excluding hydrogens is 696 g/mol. The number of rotatable bonds is 13. The summed E-state index contributed by atoms with van der Waals surface area (Å²) < 4.78 is 38.8. The van der Waals surface area contributed by atoms with Gasteiger partial charge in [-0.15, -0.1) is 0 Å². The van der Waals surface area contributed by atoms with E-state index in [1.165, 1.54) is 43.3 Å². The van der Waals surface area contributed by atoms with Crippen molar-refractivity contribution in [1.82, 2.24) is 0 Å². The van der Waals surface area contributed by atoms with Crippen molar-refractivity contribution in [2.75, 3.05) is 13.2 Å². The fourth-order valence-corrected chi connectivity index (χ4v) is 5.68. The molecule has 3 aromatic carbocycles. The van der Waals surface area contributed by atoms with Gasteiger partial charge in [0.25, 0.3) is 0 Å². The number of hydrogen-bond acceptors (Lipinski definition) is 15. The summed E-state index contributed by atoms with van der Waals surface area (Å²) in [6.07, 6.45) is -9.40. The topological polar surface area (TPSA) is 211 Å².